The van der Waals surface area contributed by atoms with E-state index in [0.717, 1.165) is 36.2 Å². The van der Waals surface area contributed by atoms with Crippen LogP contribution in [0, 0.1) is 5.82 Å². The molecule has 0 saturated carbocycles. The molecule has 24 heavy (non-hydrogen) atoms. The van der Waals surface area contributed by atoms with Crippen molar-refractivity contribution in [2.24, 2.45) is 0 Å². The van der Waals surface area contributed by atoms with Gasteiger partial charge in [-0.3, -0.25) is 4.90 Å². The minimum absolute atomic E-state index is 0.0308. The van der Waals surface area contributed by atoms with Crippen LogP contribution in [0.15, 0.2) is 30.3 Å². The monoisotopic (exact) mass is 331 g/mol. The van der Waals surface area contributed by atoms with Gasteiger partial charge in [0.05, 0.1) is 7.11 Å². The van der Waals surface area contributed by atoms with Gasteiger partial charge >= 0.3 is 0 Å². The van der Waals surface area contributed by atoms with Crippen molar-refractivity contribution in [1.82, 2.24) is 4.90 Å². The van der Waals surface area contributed by atoms with Crippen molar-refractivity contribution in [3.05, 3.63) is 58.4 Å². The molecule has 0 saturated heterocycles. The third-order valence-corrected chi connectivity index (χ3v) is 4.55. The lowest BCUT2D eigenvalue weighted by molar-refractivity contribution is 0.285. The summed E-state index contributed by atoms with van der Waals surface area (Å²) >= 11 is 0. The number of hydrogen-bond donors (Lipinski definition) is 2. The lowest BCUT2D eigenvalue weighted by atomic mass is 10.0. The molecule has 0 bridgehead atoms. The first-order valence-electron chi connectivity index (χ1n) is 8.10. The van der Waals surface area contributed by atoms with Crippen molar-refractivity contribution >= 4 is 0 Å². The van der Waals surface area contributed by atoms with Gasteiger partial charge in [-0.15, -0.1) is 0 Å². The predicted molar refractivity (Wildman–Crippen MR) is 89.7 cm³/mol. The van der Waals surface area contributed by atoms with E-state index in [-0.39, 0.29) is 18.2 Å². The van der Waals surface area contributed by atoms with Crippen LogP contribution in [0.3, 0.4) is 0 Å². The summed E-state index contributed by atoms with van der Waals surface area (Å²) in [5, 5.41) is 19.7. The fourth-order valence-corrected chi connectivity index (χ4v) is 3.25. The van der Waals surface area contributed by atoms with Gasteiger partial charge in [0.25, 0.3) is 0 Å². The van der Waals surface area contributed by atoms with E-state index in [2.05, 4.69) is 4.90 Å². The minimum Gasteiger partial charge on any atom is -0.507 e. The van der Waals surface area contributed by atoms with Gasteiger partial charge in [-0.2, -0.15) is 0 Å². The molecule has 0 unspecified atom stereocenters. The van der Waals surface area contributed by atoms with E-state index in [4.69, 9.17) is 4.74 Å². The van der Waals surface area contributed by atoms with E-state index in [0.29, 0.717) is 24.3 Å². The first kappa shape index (κ1) is 16.7. The van der Waals surface area contributed by atoms with E-state index in [9.17, 15) is 14.6 Å². The Morgan fingerprint density at radius 3 is 2.58 bits per heavy atom. The Morgan fingerprint density at radius 2 is 1.92 bits per heavy atom. The lowest BCUT2D eigenvalue weighted by Gasteiger charge is -2.14. The number of phenols is 1. The van der Waals surface area contributed by atoms with Crippen molar-refractivity contribution < 1.29 is 19.3 Å². The molecule has 0 amide bonds. The molecular formula is C19H22FNO3. The molecule has 1 heterocycles. The Hall–Kier alpha value is -2.11. The fourth-order valence-electron chi connectivity index (χ4n) is 3.25. The van der Waals surface area contributed by atoms with E-state index in [1.807, 2.05) is 6.07 Å². The van der Waals surface area contributed by atoms with Crippen molar-refractivity contribution in [2.75, 3.05) is 20.3 Å². The number of rotatable bonds is 6. The number of nitrogens with zero attached hydrogens (tertiary/aromatic N) is 1. The number of methoxy groups -OCH3 is 1. The van der Waals surface area contributed by atoms with Crippen LogP contribution >= 0.6 is 0 Å². The van der Waals surface area contributed by atoms with E-state index in [1.54, 1.807) is 19.2 Å². The van der Waals surface area contributed by atoms with Crippen LogP contribution in [0.25, 0.3) is 0 Å². The summed E-state index contributed by atoms with van der Waals surface area (Å²) in [5.74, 6) is 0.643. The second-order valence-electron chi connectivity index (χ2n) is 6.10. The molecule has 0 radical (unpaired) electrons. The molecule has 2 N–H and O–H groups in total. The first-order valence-corrected chi connectivity index (χ1v) is 8.10. The van der Waals surface area contributed by atoms with Crippen LogP contribution in [0.2, 0.25) is 0 Å². The van der Waals surface area contributed by atoms with Crippen LogP contribution < -0.4 is 4.74 Å². The predicted octanol–water partition coefficient (Wildman–Crippen LogP) is 2.63. The topological polar surface area (TPSA) is 52.9 Å². The number of ether oxygens (including phenoxy) is 1. The van der Waals surface area contributed by atoms with Crippen LogP contribution in [-0.2, 0) is 25.9 Å². The summed E-state index contributed by atoms with van der Waals surface area (Å²) in [6.07, 6.45) is 1.20. The number of phenolic OH excluding ortho intramolecular Hbond substituents is 1. The van der Waals surface area contributed by atoms with Gasteiger partial charge in [0.2, 0.25) is 0 Å². The smallest absolute Gasteiger partial charge is 0.127 e. The fraction of sp³-hybridized carbons (Fsp3) is 0.368. The Bertz CT molecular complexity index is 716. The van der Waals surface area contributed by atoms with E-state index in [1.165, 1.54) is 12.1 Å². The standard InChI is InChI=1S/C19H22FNO3/c1-24-18-10-14-11-21(8-6-13-2-4-15(20)5-3-13)12-17(14)19(23)16(18)7-9-22/h2-5,10,22-23H,6-9,11-12H2,1H3. The maximum Gasteiger partial charge on any atom is 0.127 e. The zero-order valence-corrected chi connectivity index (χ0v) is 13.8. The maximum absolute atomic E-state index is 13.0. The second kappa shape index (κ2) is 7.20. The van der Waals surface area contributed by atoms with Crippen molar-refractivity contribution in [1.29, 1.82) is 0 Å². The van der Waals surface area contributed by atoms with Crippen LogP contribution in [0.4, 0.5) is 4.39 Å². The third kappa shape index (κ3) is 3.37. The first-order chi connectivity index (χ1) is 11.6. The summed E-state index contributed by atoms with van der Waals surface area (Å²) in [6.45, 7) is 2.22. The maximum atomic E-state index is 13.0. The molecule has 4 nitrogen and oxygen atoms in total. The van der Waals surface area contributed by atoms with Crippen LogP contribution in [-0.4, -0.2) is 35.4 Å². The zero-order chi connectivity index (χ0) is 17.1. The third-order valence-electron chi connectivity index (χ3n) is 4.55. The molecule has 1 aliphatic rings. The Balaban J connectivity index is 1.72. The summed E-state index contributed by atoms with van der Waals surface area (Å²) in [6, 6.07) is 8.52. The Morgan fingerprint density at radius 1 is 1.17 bits per heavy atom. The quantitative estimate of drug-likeness (QED) is 0.854. The number of benzene rings is 2. The molecule has 1 aliphatic heterocycles. The minimum atomic E-state index is -0.222. The highest BCUT2D eigenvalue weighted by atomic mass is 19.1. The molecule has 5 heteroatoms. The summed E-state index contributed by atoms with van der Waals surface area (Å²) < 4.78 is 18.3. The lowest BCUT2D eigenvalue weighted by Crippen LogP contribution is -2.19. The van der Waals surface area contributed by atoms with Crippen molar-refractivity contribution in [3.8, 4) is 11.5 Å². The molecule has 2 aromatic rings. The second-order valence-corrected chi connectivity index (χ2v) is 6.10. The van der Waals surface area contributed by atoms with Crippen molar-refractivity contribution in [3.63, 3.8) is 0 Å². The number of aliphatic hydroxyl groups excluding tert-OH is 1. The Labute approximate surface area is 141 Å². The van der Waals surface area contributed by atoms with Crippen molar-refractivity contribution in [2.45, 2.75) is 25.9 Å². The highest BCUT2D eigenvalue weighted by molar-refractivity contribution is 5.55. The molecule has 0 aliphatic carbocycles. The number of aliphatic hydroxyl groups is 1. The van der Waals surface area contributed by atoms with E-state index >= 15 is 0 Å². The van der Waals surface area contributed by atoms with Gasteiger partial charge in [0.15, 0.2) is 0 Å². The normalized spacial score (nSPS) is 14.0. The molecule has 0 fully saturated rings. The van der Waals surface area contributed by atoms with Gasteiger partial charge in [-0.25, -0.2) is 4.39 Å². The van der Waals surface area contributed by atoms with Gasteiger partial charge in [-0.1, -0.05) is 12.1 Å². The summed E-state index contributed by atoms with van der Waals surface area (Å²) in [5.41, 5.74) is 3.73. The Kier molecular flexibility index (Phi) is 5.02. The molecular weight excluding hydrogens is 309 g/mol. The summed E-state index contributed by atoms with van der Waals surface area (Å²) in [7, 11) is 1.57. The number of halogens is 1. The molecule has 0 atom stereocenters. The summed E-state index contributed by atoms with van der Waals surface area (Å²) in [4.78, 5) is 2.25. The van der Waals surface area contributed by atoms with Crippen LogP contribution in [0.1, 0.15) is 22.3 Å². The molecule has 0 aromatic heterocycles. The SMILES string of the molecule is COc1cc2c(c(O)c1CCO)CN(CCc1ccc(F)cc1)C2. The number of hydrogen-bond acceptors (Lipinski definition) is 4. The molecule has 128 valence electrons. The highest BCUT2D eigenvalue weighted by Crippen LogP contribution is 2.39. The van der Waals surface area contributed by atoms with Gasteiger partial charge < -0.3 is 14.9 Å². The number of fused-ring (bicyclic) bond motifs is 1. The highest BCUT2D eigenvalue weighted by Gasteiger charge is 2.25. The molecule has 2 aromatic carbocycles. The zero-order valence-electron chi connectivity index (χ0n) is 13.8. The largest absolute Gasteiger partial charge is 0.507 e. The number of aromatic hydroxyl groups is 1. The van der Waals surface area contributed by atoms with E-state index < -0.39 is 0 Å². The average molecular weight is 331 g/mol. The molecule has 0 spiro atoms. The molecule has 3 rings (SSSR count). The van der Waals surface area contributed by atoms with Crippen LogP contribution in [0.5, 0.6) is 11.5 Å². The average Bonchev–Trinajstić information content (AvgIpc) is 3.00. The van der Waals surface area contributed by atoms with Gasteiger partial charge in [-0.05, 0) is 35.7 Å². The van der Waals surface area contributed by atoms with Gasteiger partial charge in [0, 0.05) is 43.8 Å². The van der Waals surface area contributed by atoms with Gasteiger partial charge in [0.1, 0.15) is 17.3 Å².